The van der Waals surface area contributed by atoms with Crippen LogP contribution in [0.25, 0.3) is 27.8 Å². The van der Waals surface area contributed by atoms with E-state index in [1.54, 1.807) is 16.9 Å². The van der Waals surface area contributed by atoms with Gasteiger partial charge in [0.15, 0.2) is 5.65 Å². The van der Waals surface area contributed by atoms with Crippen LogP contribution in [-0.4, -0.2) is 42.3 Å². The second kappa shape index (κ2) is 5.72. The molecule has 4 aromatic rings. The Kier molecular flexibility index (Phi) is 3.52. The highest BCUT2D eigenvalue weighted by Crippen LogP contribution is 2.28. The van der Waals surface area contributed by atoms with Crippen LogP contribution in [0.3, 0.4) is 0 Å². The number of hydrogen-bond donors (Lipinski definition) is 2. The van der Waals surface area contributed by atoms with Crippen LogP contribution >= 0.6 is 0 Å². The third-order valence-corrected chi connectivity index (χ3v) is 3.71. The molecule has 0 amide bonds. The number of nitrogens with zero attached hydrogens (tertiary/aromatic N) is 5. The minimum atomic E-state index is -4.21. The Morgan fingerprint density at radius 2 is 2.08 bits per heavy atom. The number of rotatable bonds is 4. The lowest BCUT2D eigenvalue weighted by molar-refractivity contribution is -0.131. The van der Waals surface area contributed by atoms with Crippen LogP contribution in [0, 0.1) is 0 Å². The zero-order chi connectivity index (χ0) is 17.4. The normalized spacial score (nSPS) is 12.1. The summed E-state index contributed by atoms with van der Waals surface area (Å²) in [5.41, 5.74) is 3.04. The maximum absolute atomic E-state index is 12.2. The predicted octanol–water partition coefficient (Wildman–Crippen LogP) is 3.03. The number of H-pyrrole nitrogens is 1. The van der Waals surface area contributed by atoms with Crippen molar-refractivity contribution in [2.24, 2.45) is 0 Å². The summed E-state index contributed by atoms with van der Waals surface area (Å²) in [5, 5.41) is 7.44. The highest BCUT2D eigenvalue weighted by atomic mass is 19.4. The zero-order valence-corrected chi connectivity index (χ0v) is 12.7. The van der Waals surface area contributed by atoms with Gasteiger partial charge >= 0.3 is 6.18 Å². The van der Waals surface area contributed by atoms with E-state index in [4.69, 9.17) is 0 Å². The van der Waals surface area contributed by atoms with Crippen molar-refractivity contribution in [3.8, 4) is 11.1 Å². The maximum atomic E-state index is 12.2. The summed E-state index contributed by atoms with van der Waals surface area (Å²) in [7, 11) is 0. The summed E-state index contributed by atoms with van der Waals surface area (Å²) in [4.78, 5) is 15.4. The number of halogens is 3. The molecule has 25 heavy (non-hydrogen) atoms. The highest BCUT2D eigenvalue weighted by Gasteiger charge is 2.26. The van der Waals surface area contributed by atoms with Crippen molar-refractivity contribution in [2.75, 3.05) is 11.9 Å². The largest absolute Gasteiger partial charge is 0.390 e. The van der Waals surface area contributed by atoms with Gasteiger partial charge in [0.25, 0.3) is 0 Å². The monoisotopic (exact) mass is 347 g/mol. The minimum Gasteiger partial charge on any atom is -0.354 e. The van der Waals surface area contributed by atoms with Crippen LogP contribution in [0.15, 0.2) is 37.1 Å². The summed E-state index contributed by atoms with van der Waals surface area (Å²) in [6.45, 7) is -0.272. The molecule has 0 saturated carbocycles. The second-order valence-electron chi connectivity index (χ2n) is 5.43. The molecule has 2 N–H and O–H groups in total. The minimum absolute atomic E-state index is 0.150. The fraction of sp³-hybridized carbons (Fsp3) is 0.200. The number of aromatic nitrogens is 6. The van der Waals surface area contributed by atoms with Crippen LogP contribution in [0.1, 0.15) is 6.42 Å². The van der Waals surface area contributed by atoms with E-state index < -0.39 is 12.6 Å². The Bertz CT molecular complexity index is 1030. The first-order valence-electron chi connectivity index (χ1n) is 7.44. The number of alkyl halides is 3. The van der Waals surface area contributed by atoms with Crippen molar-refractivity contribution >= 4 is 22.6 Å². The Labute approximate surface area is 138 Å². The van der Waals surface area contributed by atoms with E-state index in [0.717, 1.165) is 22.2 Å². The Morgan fingerprint density at radius 1 is 1.20 bits per heavy atom. The van der Waals surface area contributed by atoms with Crippen molar-refractivity contribution in [2.45, 2.75) is 12.6 Å². The zero-order valence-electron chi connectivity index (χ0n) is 12.7. The first kappa shape index (κ1) is 15.4. The molecular weight excluding hydrogens is 335 g/mol. The van der Waals surface area contributed by atoms with Gasteiger partial charge in [0, 0.05) is 41.6 Å². The molecule has 0 aliphatic rings. The summed E-state index contributed by atoms with van der Waals surface area (Å²) in [5.74, 6) is 0.150. The third kappa shape index (κ3) is 3.10. The number of aromatic amines is 1. The molecule has 0 aliphatic carbocycles. The van der Waals surface area contributed by atoms with Crippen LogP contribution in [0.2, 0.25) is 0 Å². The SMILES string of the molecule is FC(F)(F)CCNc1ncc2c(-c3ccc4ncnn4c3)c[nH]c2n1. The lowest BCUT2D eigenvalue weighted by atomic mass is 10.1. The van der Waals surface area contributed by atoms with Crippen molar-refractivity contribution in [3.05, 3.63) is 37.1 Å². The molecule has 4 rings (SSSR count). The van der Waals surface area contributed by atoms with Gasteiger partial charge in [-0.15, -0.1) is 0 Å². The van der Waals surface area contributed by atoms with E-state index in [1.807, 2.05) is 18.3 Å². The smallest absolute Gasteiger partial charge is 0.354 e. The van der Waals surface area contributed by atoms with Gasteiger partial charge in [-0.25, -0.2) is 14.5 Å². The summed E-state index contributed by atoms with van der Waals surface area (Å²) in [6.07, 6.45) is 1.50. The van der Waals surface area contributed by atoms with Crippen molar-refractivity contribution in [1.29, 1.82) is 0 Å². The van der Waals surface area contributed by atoms with Gasteiger partial charge in [-0.2, -0.15) is 23.3 Å². The van der Waals surface area contributed by atoms with Gasteiger partial charge < -0.3 is 10.3 Å². The molecule has 128 valence electrons. The van der Waals surface area contributed by atoms with Crippen LogP contribution in [0.4, 0.5) is 19.1 Å². The van der Waals surface area contributed by atoms with Crippen LogP contribution in [-0.2, 0) is 0 Å². The molecule has 0 saturated heterocycles. The number of fused-ring (bicyclic) bond motifs is 2. The molecule has 10 heteroatoms. The molecule has 0 aromatic carbocycles. The number of anilines is 1. The average Bonchev–Trinajstić information content (AvgIpc) is 3.19. The van der Waals surface area contributed by atoms with E-state index in [1.165, 1.54) is 6.33 Å². The Hall–Kier alpha value is -3.17. The van der Waals surface area contributed by atoms with Gasteiger partial charge in [0.2, 0.25) is 5.95 Å². The first-order valence-corrected chi connectivity index (χ1v) is 7.44. The van der Waals surface area contributed by atoms with E-state index in [0.29, 0.717) is 5.65 Å². The molecule has 7 nitrogen and oxygen atoms in total. The van der Waals surface area contributed by atoms with E-state index in [-0.39, 0.29) is 12.5 Å². The van der Waals surface area contributed by atoms with Crippen molar-refractivity contribution in [3.63, 3.8) is 0 Å². The maximum Gasteiger partial charge on any atom is 0.390 e. The number of hydrogen-bond acceptors (Lipinski definition) is 5. The standard InChI is InChI=1S/C15H12F3N7/c16-15(17,18)3-4-19-14-21-6-11-10(5-20-13(11)24-14)9-1-2-12-22-8-23-25(12)7-9/h1-2,5-8H,3-4H2,(H2,19,20,21,24). The summed E-state index contributed by atoms with van der Waals surface area (Å²) in [6, 6.07) is 3.75. The van der Waals surface area contributed by atoms with Gasteiger partial charge in [-0.05, 0) is 12.1 Å². The molecule has 0 aliphatic heterocycles. The topological polar surface area (TPSA) is 83.8 Å². The molecule has 0 bridgehead atoms. The lowest BCUT2D eigenvalue weighted by Gasteiger charge is -2.07. The quantitative estimate of drug-likeness (QED) is 0.593. The van der Waals surface area contributed by atoms with E-state index in [2.05, 4.69) is 30.4 Å². The lowest BCUT2D eigenvalue weighted by Crippen LogP contribution is -2.15. The molecular formula is C15H12F3N7. The fourth-order valence-corrected chi connectivity index (χ4v) is 2.52. The Morgan fingerprint density at radius 3 is 2.92 bits per heavy atom. The molecule has 0 unspecified atom stereocenters. The molecule has 4 heterocycles. The van der Waals surface area contributed by atoms with Gasteiger partial charge in [-0.3, -0.25) is 0 Å². The highest BCUT2D eigenvalue weighted by molar-refractivity contribution is 5.93. The van der Waals surface area contributed by atoms with E-state index in [9.17, 15) is 13.2 Å². The van der Waals surface area contributed by atoms with Crippen LogP contribution in [0.5, 0.6) is 0 Å². The third-order valence-electron chi connectivity index (χ3n) is 3.71. The molecule has 0 spiro atoms. The molecule has 0 fully saturated rings. The predicted molar refractivity (Wildman–Crippen MR) is 85.0 cm³/mol. The number of pyridine rings is 1. The second-order valence-corrected chi connectivity index (χ2v) is 5.43. The van der Waals surface area contributed by atoms with Crippen LogP contribution < -0.4 is 5.32 Å². The van der Waals surface area contributed by atoms with Crippen molar-refractivity contribution < 1.29 is 13.2 Å². The van der Waals surface area contributed by atoms with Gasteiger partial charge in [0.05, 0.1) is 6.42 Å². The van der Waals surface area contributed by atoms with Gasteiger partial charge in [0.1, 0.15) is 12.0 Å². The first-order chi connectivity index (χ1) is 12.0. The molecule has 4 aromatic heterocycles. The van der Waals surface area contributed by atoms with Gasteiger partial charge in [-0.1, -0.05) is 0 Å². The number of nitrogens with one attached hydrogen (secondary N) is 2. The van der Waals surface area contributed by atoms with E-state index >= 15 is 0 Å². The summed E-state index contributed by atoms with van der Waals surface area (Å²) >= 11 is 0. The average molecular weight is 347 g/mol. The summed E-state index contributed by atoms with van der Waals surface area (Å²) < 4.78 is 38.2. The van der Waals surface area contributed by atoms with Crippen molar-refractivity contribution in [1.82, 2.24) is 29.5 Å². The fourth-order valence-electron chi connectivity index (χ4n) is 2.52. The molecule has 0 atom stereocenters. The molecule has 0 radical (unpaired) electrons. The Balaban J connectivity index is 1.61.